The first-order chi connectivity index (χ1) is 11.2. The molecule has 0 spiro atoms. The average Bonchev–Trinajstić information content (AvgIpc) is 3.18. The Bertz CT molecular complexity index is 639. The summed E-state index contributed by atoms with van der Waals surface area (Å²) in [4.78, 5) is 2.36. The van der Waals surface area contributed by atoms with Gasteiger partial charge in [-0.1, -0.05) is 38.1 Å². The maximum absolute atomic E-state index is 9.22. The summed E-state index contributed by atoms with van der Waals surface area (Å²) >= 11 is 0. The van der Waals surface area contributed by atoms with Gasteiger partial charge in [0.1, 0.15) is 0 Å². The molecule has 1 aliphatic rings. The Morgan fingerprint density at radius 1 is 1.30 bits per heavy atom. The van der Waals surface area contributed by atoms with Crippen LogP contribution in [0.3, 0.4) is 0 Å². The quantitative estimate of drug-likeness (QED) is 0.851. The van der Waals surface area contributed by atoms with E-state index in [4.69, 9.17) is 4.42 Å². The van der Waals surface area contributed by atoms with Crippen molar-refractivity contribution in [1.82, 2.24) is 15.1 Å². The number of aromatic nitrogens is 2. The molecule has 1 atom stereocenters. The molecule has 1 aliphatic carbocycles. The summed E-state index contributed by atoms with van der Waals surface area (Å²) in [5.41, 5.74) is 2.83. The minimum Gasteiger partial charge on any atom is -0.424 e. The number of hydrogen-bond acceptors (Lipinski definition) is 5. The van der Waals surface area contributed by atoms with Crippen molar-refractivity contribution in [3.8, 4) is 0 Å². The fourth-order valence-corrected chi connectivity index (χ4v) is 3.27. The number of fused-ring (bicyclic) bond motifs is 1. The first-order valence-electron chi connectivity index (χ1n) is 8.44. The Hall–Kier alpha value is -1.72. The van der Waals surface area contributed by atoms with Crippen molar-refractivity contribution in [1.29, 1.82) is 0 Å². The minimum absolute atomic E-state index is 0.200. The minimum atomic E-state index is 0.200. The summed E-state index contributed by atoms with van der Waals surface area (Å²) in [6.45, 7) is 5.77. The molecule has 124 valence electrons. The molecule has 23 heavy (non-hydrogen) atoms. The van der Waals surface area contributed by atoms with Crippen LogP contribution in [0, 0.1) is 0 Å². The van der Waals surface area contributed by atoms with Gasteiger partial charge in [0.05, 0.1) is 6.54 Å². The second-order valence-electron chi connectivity index (χ2n) is 6.49. The van der Waals surface area contributed by atoms with Crippen molar-refractivity contribution in [3.05, 3.63) is 47.2 Å². The van der Waals surface area contributed by atoms with Gasteiger partial charge < -0.3 is 9.52 Å². The second kappa shape index (κ2) is 7.23. The maximum Gasteiger partial charge on any atom is 0.230 e. The van der Waals surface area contributed by atoms with Crippen molar-refractivity contribution < 1.29 is 9.52 Å². The van der Waals surface area contributed by atoms with Crippen LogP contribution in [0.1, 0.15) is 61.6 Å². The number of benzene rings is 1. The molecule has 5 heteroatoms. The highest BCUT2D eigenvalue weighted by Gasteiger charge is 2.28. The summed E-state index contributed by atoms with van der Waals surface area (Å²) < 4.78 is 5.78. The first-order valence-corrected chi connectivity index (χ1v) is 8.44. The number of aliphatic hydroxyl groups excluding tert-OH is 1. The predicted molar refractivity (Wildman–Crippen MR) is 88.0 cm³/mol. The van der Waals surface area contributed by atoms with E-state index < -0.39 is 0 Å². The fourth-order valence-electron chi connectivity index (χ4n) is 3.27. The third kappa shape index (κ3) is 3.62. The summed E-state index contributed by atoms with van der Waals surface area (Å²) in [5.74, 6) is 1.60. The van der Waals surface area contributed by atoms with Crippen LogP contribution in [0.5, 0.6) is 0 Å². The molecule has 0 radical (unpaired) electrons. The van der Waals surface area contributed by atoms with Gasteiger partial charge in [-0.05, 0) is 30.4 Å². The van der Waals surface area contributed by atoms with E-state index >= 15 is 0 Å². The molecule has 0 bridgehead atoms. The topological polar surface area (TPSA) is 62.4 Å². The molecule has 0 saturated carbocycles. The van der Waals surface area contributed by atoms with Crippen molar-refractivity contribution in [3.63, 3.8) is 0 Å². The van der Waals surface area contributed by atoms with Gasteiger partial charge in [-0.25, -0.2) is 0 Å². The number of hydrogen-bond donors (Lipinski definition) is 1. The zero-order chi connectivity index (χ0) is 16.2. The fraction of sp³-hybridized carbons (Fsp3) is 0.556. The molecule has 0 unspecified atom stereocenters. The zero-order valence-corrected chi connectivity index (χ0v) is 13.9. The van der Waals surface area contributed by atoms with Gasteiger partial charge >= 0.3 is 0 Å². The van der Waals surface area contributed by atoms with Gasteiger partial charge in [0, 0.05) is 25.1 Å². The van der Waals surface area contributed by atoms with Gasteiger partial charge in [0.15, 0.2) is 0 Å². The van der Waals surface area contributed by atoms with Gasteiger partial charge in [-0.2, -0.15) is 0 Å². The van der Waals surface area contributed by atoms with Crippen LogP contribution in [0.4, 0.5) is 0 Å². The number of aryl methyl sites for hydroxylation is 1. The standard InChI is InChI=1S/C18H25N3O2/c1-13(2)18-20-19-17(23-18)12-21(10-5-11-22)16-9-8-14-6-3-4-7-15(14)16/h3-4,6-7,13,16,22H,5,8-12H2,1-2H3/t16-/m0/s1. The highest BCUT2D eigenvalue weighted by molar-refractivity contribution is 5.34. The molecule has 1 heterocycles. The highest BCUT2D eigenvalue weighted by atomic mass is 16.4. The lowest BCUT2D eigenvalue weighted by atomic mass is 10.1. The molecule has 5 nitrogen and oxygen atoms in total. The molecule has 0 saturated heterocycles. The normalized spacial score (nSPS) is 17.2. The van der Waals surface area contributed by atoms with E-state index in [0.29, 0.717) is 24.4 Å². The molecule has 1 aromatic carbocycles. The molecule has 2 aromatic rings. The largest absolute Gasteiger partial charge is 0.424 e. The molecular weight excluding hydrogens is 290 g/mol. The Balaban J connectivity index is 1.78. The van der Waals surface area contributed by atoms with Crippen LogP contribution in [-0.4, -0.2) is 33.4 Å². The Kier molecular flexibility index (Phi) is 5.08. The van der Waals surface area contributed by atoms with Crippen LogP contribution in [0.15, 0.2) is 28.7 Å². The van der Waals surface area contributed by atoms with Crippen LogP contribution >= 0.6 is 0 Å². The predicted octanol–water partition coefficient (Wildman–Crippen LogP) is 3.06. The van der Waals surface area contributed by atoms with Crippen LogP contribution < -0.4 is 0 Å². The third-order valence-corrected chi connectivity index (χ3v) is 4.46. The van der Waals surface area contributed by atoms with Gasteiger partial charge in [0.2, 0.25) is 11.8 Å². The molecule has 0 fully saturated rings. The van der Waals surface area contributed by atoms with Crippen LogP contribution in [0.2, 0.25) is 0 Å². The second-order valence-corrected chi connectivity index (χ2v) is 6.49. The molecule has 1 aromatic heterocycles. The van der Waals surface area contributed by atoms with Gasteiger partial charge in [-0.15, -0.1) is 10.2 Å². The lowest BCUT2D eigenvalue weighted by molar-refractivity contribution is 0.151. The van der Waals surface area contributed by atoms with Crippen molar-refractivity contribution >= 4 is 0 Å². The number of nitrogens with zero attached hydrogens (tertiary/aromatic N) is 3. The first kappa shape index (κ1) is 16.1. The van der Waals surface area contributed by atoms with E-state index in [1.165, 1.54) is 11.1 Å². The molecule has 0 amide bonds. The number of aliphatic hydroxyl groups is 1. The highest BCUT2D eigenvalue weighted by Crippen LogP contribution is 2.36. The van der Waals surface area contributed by atoms with Crippen LogP contribution in [-0.2, 0) is 13.0 Å². The lowest BCUT2D eigenvalue weighted by Gasteiger charge is -2.28. The van der Waals surface area contributed by atoms with Gasteiger partial charge in [0.25, 0.3) is 0 Å². The summed E-state index contributed by atoms with van der Waals surface area (Å²) in [7, 11) is 0. The zero-order valence-electron chi connectivity index (χ0n) is 13.9. The summed E-state index contributed by atoms with van der Waals surface area (Å²) in [6.07, 6.45) is 2.97. The molecule has 0 aliphatic heterocycles. The lowest BCUT2D eigenvalue weighted by Crippen LogP contribution is -2.29. The SMILES string of the molecule is CC(C)c1nnc(CN(CCCO)[C@H]2CCc3ccccc32)o1. The molecule has 1 N–H and O–H groups in total. The van der Waals surface area contributed by atoms with Crippen LogP contribution in [0.25, 0.3) is 0 Å². The number of rotatable bonds is 7. The average molecular weight is 315 g/mol. The summed E-state index contributed by atoms with van der Waals surface area (Å²) in [6, 6.07) is 9.00. The van der Waals surface area contributed by atoms with E-state index in [1.54, 1.807) is 0 Å². The Morgan fingerprint density at radius 2 is 2.13 bits per heavy atom. The Labute approximate surface area is 137 Å². The van der Waals surface area contributed by atoms with E-state index in [0.717, 1.165) is 25.8 Å². The smallest absolute Gasteiger partial charge is 0.230 e. The van der Waals surface area contributed by atoms with E-state index in [2.05, 4.69) is 39.4 Å². The molecule has 3 rings (SSSR count). The van der Waals surface area contributed by atoms with E-state index in [9.17, 15) is 5.11 Å². The van der Waals surface area contributed by atoms with Crippen molar-refractivity contribution in [2.75, 3.05) is 13.2 Å². The van der Waals surface area contributed by atoms with Crippen molar-refractivity contribution in [2.45, 2.75) is 51.6 Å². The third-order valence-electron chi connectivity index (χ3n) is 4.46. The molecular formula is C18H25N3O2. The summed E-state index contributed by atoms with van der Waals surface area (Å²) in [5, 5.41) is 17.5. The van der Waals surface area contributed by atoms with E-state index in [-0.39, 0.29) is 12.5 Å². The maximum atomic E-state index is 9.22. The monoisotopic (exact) mass is 315 g/mol. The van der Waals surface area contributed by atoms with E-state index in [1.807, 2.05) is 13.8 Å². The van der Waals surface area contributed by atoms with Gasteiger partial charge in [-0.3, -0.25) is 4.90 Å². The Morgan fingerprint density at radius 3 is 2.87 bits per heavy atom. The van der Waals surface area contributed by atoms with Crippen molar-refractivity contribution in [2.24, 2.45) is 0 Å².